The van der Waals surface area contributed by atoms with Crippen molar-refractivity contribution in [3.63, 3.8) is 0 Å². The van der Waals surface area contributed by atoms with Crippen molar-refractivity contribution in [1.82, 2.24) is 4.90 Å². The summed E-state index contributed by atoms with van der Waals surface area (Å²) in [6, 6.07) is 0. The summed E-state index contributed by atoms with van der Waals surface area (Å²) in [7, 11) is 0. The Labute approximate surface area is 98.9 Å². The maximum atomic E-state index is 12.5. The molecule has 0 aromatic heterocycles. The predicted molar refractivity (Wildman–Crippen MR) is 56.7 cm³/mol. The second kappa shape index (κ2) is 4.98. The number of alkyl halides is 2. The van der Waals surface area contributed by atoms with Gasteiger partial charge in [0, 0.05) is 6.54 Å². The normalized spacial score (nSPS) is 21.9. The van der Waals surface area contributed by atoms with E-state index in [1.54, 1.807) is 20.8 Å². The van der Waals surface area contributed by atoms with E-state index in [4.69, 9.17) is 4.74 Å². The van der Waals surface area contributed by atoms with Gasteiger partial charge in [-0.1, -0.05) is 0 Å². The SMILES string of the molecule is CC(C)(C)OC(=O)N1CCCC(C(F)F)C1=O. The van der Waals surface area contributed by atoms with E-state index < -0.39 is 29.9 Å². The van der Waals surface area contributed by atoms with Gasteiger partial charge < -0.3 is 4.74 Å². The summed E-state index contributed by atoms with van der Waals surface area (Å²) in [6.45, 7) is 5.12. The molecule has 4 nitrogen and oxygen atoms in total. The van der Waals surface area contributed by atoms with E-state index >= 15 is 0 Å². The zero-order chi connectivity index (χ0) is 13.2. The third-order valence-corrected chi connectivity index (χ3v) is 2.40. The predicted octanol–water partition coefficient (Wildman–Crippen LogP) is 2.43. The standard InChI is InChI=1S/C11H17F2NO3/c1-11(2,3)17-10(16)14-6-4-5-7(8(12)13)9(14)15/h7-8H,4-6H2,1-3H3. The Balaban J connectivity index is 2.71. The fourth-order valence-electron chi connectivity index (χ4n) is 1.64. The van der Waals surface area contributed by atoms with E-state index in [1.807, 2.05) is 0 Å². The second-order valence-corrected chi connectivity index (χ2v) is 5.05. The Morgan fingerprint density at radius 1 is 1.47 bits per heavy atom. The van der Waals surface area contributed by atoms with Crippen LogP contribution < -0.4 is 0 Å². The smallest absolute Gasteiger partial charge is 0.417 e. The number of nitrogens with zero attached hydrogens (tertiary/aromatic N) is 1. The Kier molecular flexibility index (Phi) is 4.06. The number of rotatable bonds is 1. The molecule has 1 atom stereocenters. The number of likely N-dealkylation sites (tertiary alicyclic amines) is 1. The average Bonchev–Trinajstić information content (AvgIpc) is 2.14. The van der Waals surface area contributed by atoms with E-state index in [0.29, 0.717) is 6.42 Å². The van der Waals surface area contributed by atoms with Crippen LogP contribution >= 0.6 is 0 Å². The van der Waals surface area contributed by atoms with E-state index in [0.717, 1.165) is 4.90 Å². The molecule has 1 rings (SSSR count). The van der Waals surface area contributed by atoms with Gasteiger partial charge in [0.25, 0.3) is 0 Å². The van der Waals surface area contributed by atoms with Crippen LogP contribution in [0, 0.1) is 5.92 Å². The maximum Gasteiger partial charge on any atom is 0.417 e. The number of halogens is 2. The lowest BCUT2D eigenvalue weighted by Crippen LogP contribution is -2.48. The van der Waals surface area contributed by atoms with Crippen molar-refractivity contribution in [2.75, 3.05) is 6.54 Å². The molecule has 6 heteroatoms. The van der Waals surface area contributed by atoms with Crippen molar-refractivity contribution in [3.8, 4) is 0 Å². The molecule has 1 unspecified atom stereocenters. The molecule has 1 heterocycles. The van der Waals surface area contributed by atoms with E-state index in [9.17, 15) is 18.4 Å². The molecule has 0 aromatic rings. The number of carbonyl (C=O) groups excluding carboxylic acids is 2. The molecule has 0 aromatic carbocycles. The summed E-state index contributed by atoms with van der Waals surface area (Å²) in [4.78, 5) is 24.1. The molecule has 0 aliphatic carbocycles. The number of carbonyl (C=O) groups is 2. The molecule has 1 fully saturated rings. The molecular formula is C11H17F2NO3. The lowest BCUT2D eigenvalue weighted by molar-refractivity contribution is -0.143. The van der Waals surface area contributed by atoms with Gasteiger partial charge >= 0.3 is 6.09 Å². The fraction of sp³-hybridized carbons (Fsp3) is 0.818. The Morgan fingerprint density at radius 2 is 2.06 bits per heavy atom. The van der Waals surface area contributed by atoms with Gasteiger partial charge in [0.2, 0.25) is 12.3 Å². The Morgan fingerprint density at radius 3 is 2.53 bits per heavy atom. The molecule has 0 bridgehead atoms. The second-order valence-electron chi connectivity index (χ2n) is 5.05. The van der Waals surface area contributed by atoms with Crippen LogP contribution in [0.1, 0.15) is 33.6 Å². The highest BCUT2D eigenvalue weighted by molar-refractivity contribution is 5.94. The first-order valence-electron chi connectivity index (χ1n) is 5.55. The van der Waals surface area contributed by atoms with Gasteiger partial charge in [0.1, 0.15) is 5.60 Å². The minimum Gasteiger partial charge on any atom is -0.443 e. The van der Waals surface area contributed by atoms with Gasteiger partial charge in [-0.3, -0.25) is 4.79 Å². The molecule has 98 valence electrons. The van der Waals surface area contributed by atoms with Crippen molar-refractivity contribution >= 4 is 12.0 Å². The number of hydrogen-bond acceptors (Lipinski definition) is 3. The van der Waals surface area contributed by atoms with Crippen molar-refractivity contribution < 1.29 is 23.1 Å². The molecule has 2 amide bonds. The topological polar surface area (TPSA) is 46.6 Å². The van der Waals surface area contributed by atoms with E-state index in [1.165, 1.54) is 0 Å². The maximum absolute atomic E-state index is 12.5. The monoisotopic (exact) mass is 249 g/mol. The Hall–Kier alpha value is -1.20. The van der Waals surface area contributed by atoms with Crippen molar-refractivity contribution in [2.45, 2.75) is 45.6 Å². The van der Waals surface area contributed by atoms with Crippen LogP contribution in [-0.4, -0.2) is 35.5 Å². The largest absolute Gasteiger partial charge is 0.443 e. The van der Waals surface area contributed by atoms with Crippen molar-refractivity contribution in [2.24, 2.45) is 5.92 Å². The van der Waals surface area contributed by atoms with Crippen molar-refractivity contribution in [3.05, 3.63) is 0 Å². The number of amides is 2. The van der Waals surface area contributed by atoms with Gasteiger partial charge in [-0.05, 0) is 33.6 Å². The first kappa shape index (κ1) is 13.9. The molecule has 0 spiro atoms. The zero-order valence-electron chi connectivity index (χ0n) is 10.2. The van der Waals surface area contributed by atoms with Crippen LogP contribution in [-0.2, 0) is 9.53 Å². The van der Waals surface area contributed by atoms with E-state index in [-0.39, 0.29) is 13.0 Å². The number of piperidine rings is 1. The molecule has 0 saturated carbocycles. The molecule has 17 heavy (non-hydrogen) atoms. The summed E-state index contributed by atoms with van der Waals surface area (Å²) >= 11 is 0. The van der Waals surface area contributed by atoms with Gasteiger partial charge in [-0.25, -0.2) is 18.5 Å². The van der Waals surface area contributed by atoms with Gasteiger partial charge in [-0.2, -0.15) is 0 Å². The van der Waals surface area contributed by atoms with Crippen LogP contribution in [0.5, 0.6) is 0 Å². The van der Waals surface area contributed by atoms with Crippen molar-refractivity contribution in [1.29, 1.82) is 0 Å². The van der Waals surface area contributed by atoms with Gasteiger partial charge in [0.05, 0.1) is 5.92 Å². The first-order chi connectivity index (χ1) is 7.72. The summed E-state index contributed by atoms with van der Waals surface area (Å²) in [5.41, 5.74) is -0.741. The van der Waals surface area contributed by atoms with Gasteiger partial charge in [0.15, 0.2) is 0 Å². The summed E-state index contributed by atoms with van der Waals surface area (Å²) in [6.07, 6.45) is -3.06. The molecule has 0 N–H and O–H groups in total. The van der Waals surface area contributed by atoms with E-state index in [2.05, 4.69) is 0 Å². The highest BCUT2D eigenvalue weighted by Crippen LogP contribution is 2.25. The van der Waals surface area contributed by atoms with Crippen LogP contribution in [0.3, 0.4) is 0 Å². The number of ether oxygens (including phenoxy) is 1. The third kappa shape index (κ3) is 3.64. The van der Waals surface area contributed by atoms with Gasteiger partial charge in [-0.15, -0.1) is 0 Å². The van der Waals surface area contributed by atoms with Crippen LogP contribution in [0.15, 0.2) is 0 Å². The fourth-order valence-corrected chi connectivity index (χ4v) is 1.64. The summed E-state index contributed by atoms with van der Waals surface area (Å²) in [5.74, 6) is -2.21. The first-order valence-corrected chi connectivity index (χ1v) is 5.55. The number of hydrogen-bond donors (Lipinski definition) is 0. The minimum absolute atomic E-state index is 0.121. The summed E-state index contributed by atoms with van der Waals surface area (Å²) < 4.78 is 30.1. The molecule has 0 radical (unpaired) electrons. The summed E-state index contributed by atoms with van der Waals surface area (Å²) in [5, 5.41) is 0. The lowest BCUT2D eigenvalue weighted by Gasteiger charge is -2.31. The molecule has 1 aliphatic rings. The number of imide groups is 1. The molecule has 1 saturated heterocycles. The Bertz CT molecular complexity index is 312. The quantitative estimate of drug-likeness (QED) is 0.717. The lowest BCUT2D eigenvalue weighted by atomic mass is 9.98. The van der Waals surface area contributed by atoms with Crippen LogP contribution in [0.4, 0.5) is 13.6 Å². The van der Waals surface area contributed by atoms with Crippen LogP contribution in [0.25, 0.3) is 0 Å². The average molecular weight is 249 g/mol. The minimum atomic E-state index is -2.73. The third-order valence-electron chi connectivity index (χ3n) is 2.40. The molecule has 1 aliphatic heterocycles. The molecular weight excluding hydrogens is 232 g/mol. The van der Waals surface area contributed by atoms with Crippen LogP contribution in [0.2, 0.25) is 0 Å². The zero-order valence-corrected chi connectivity index (χ0v) is 10.2. The highest BCUT2D eigenvalue weighted by Gasteiger charge is 2.39. The highest BCUT2D eigenvalue weighted by atomic mass is 19.3.